The van der Waals surface area contributed by atoms with Crippen LogP contribution in [-0.2, 0) is 11.2 Å². The number of hydrogen-bond donors (Lipinski definition) is 2. The molecular weight excluding hydrogens is 335 g/mol. The van der Waals surface area contributed by atoms with Crippen molar-refractivity contribution in [3.8, 4) is 0 Å². The summed E-state index contributed by atoms with van der Waals surface area (Å²) in [4.78, 5) is 35.8. The van der Waals surface area contributed by atoms with Crippen LogP contribution in [0.15, 0.2) is 35.3 Å². The Hall–Kier alpha value is -3.09. The molecule has 0 saturated heterocycles. The summed E-state index contributed by atoms with van der Waals surface area (Å²) >= 11 is 0. The Bertz CT molecular complexity index is 1050. The molecule has 7 heteroatoms. The lowest BCUT2D eigenvalue weighted by Gasteiger charge is -2.15. The maximum atomic E-state index is 13.4. The fourth-order valence-corrected chi connectivity index (χ4v) is 2.92. The molecule has 0 aliphatic carbocycles. The van der Waals surface area contributed by atoms with Gasteiger partial charge in [-0.15, -0.1) is 0 Å². The average Bonchev–Trinajstić information content (AvgIpc) is 2.55. The van der Waals surface area contributed by atoms with E-state index >= 15 is 0 Å². The molecule has 1 amide bonds. The Balaban J connectivity index is 1.78. The van der Waals surface area contributed by atoms with E-state index in [1.807, 2.05) is 20.8 Å². The van der Waals surface area contributed by atoms with Crippen molar-refractivity contribution in [2.75, 3.05) is 0 Å². The van der Waals surface area contributed by atoms with Crippen LogP contribution in [0.4, 0.5) is 4.39 Å². The predicted octanol–water partition coefficient (Wildman–Crippen LogP) is 2.49. The Morgan fingerprint density at radius 2 is 2.08 bits per heavy atom. The molecule has 2 aromatic heterocycles. The third kappa shape index (κ3) is 3.77. The molecule has 0 spiro atoms. The number of amides is 1. The summed E-state index contributed by atoms with van der Waals surface area (Å²) in [5.41, 5.74) is 2.67. The summed E-state index contributed by atoms with van der Waals surface area (Å²) in [5.74, 6) is -0.720. The summed E-state index contributed by atoms with van der Waals surface area (Å²) in [6.45, 7) is 5.49. The maximum absolute atomic E-state index is 13.4. The van der Waals surface area contributed by atoms with Gasteiger partial charge in [-0.2, -0.15) is 0 Å². The van der Waals surface area contributed by atoms with Gasteiger partial charge in [0.15, 0.2) is 0 Å². The molecule has 0 aliphatic rings. The molecule has 0 aliphatic heterocycles. The van der Waals surface area contributed by atoms with Crippen molar-refractivity contribution in [1.29, 1.82) is 0 Å². The van der Waals surface area contributed by atoms with E-state index in [1.54, 1.807) is 12.3 Å². The number of nitrogens with zero attached hydrogens (tertiary/aromatic N) is 2. The summed E-state index contributed by atoms with van der Waals surface area (Å²) in [6.07, 6.45) is 1.54. The molecule has 6 nitrogen and oxygen atoms in total. The van der Waals surface area contributed by atoms with Gasteiger partial charge in [-0.1, -0.05) is 0 Å². The van der Waals surface area contributed by atoms with Crippen molar-refractivity contribution in [2.24, 2.45) is 0 Å². The third-order valence-corrected chi connectivity index (χ3v) is 4.13. The standard InChI is InChI=1S/C19H19FN4O2/c1-10-9-21-18(11(2)22-10)12(3)23-17(25)8-14-6-13-7-15(20)4-5-16(13)24-19(14)26/h4-7,9,12H,8H2,1-3H3,(H,23,25)(H,24,26)/t12-/m1/s1. The van der Waals surface area contributed by atoms with Crippen LogP contribution >= 0.6 is 0 Å². The van der Waals surface area contributed by atoms with Gasteiger partial charge < -0.3 is 10.3 Å². The zero-order chi connectivity index (χ0) is 18.8. The van der Waals surface area contributed by atoms with Crippen LogP contribution in [-0.4, -0.2) is 20.9 Å². The number of aromatic amines is 1. The average molecular weight is 354 g/mol. The van der Waals surface area contributed by atoms with E-state index in [9.17, 15) is 14.0 Å². The second-order valence-corrected chi connectivity index (χ2v) is 6.30. The zero-order valence-corrected chi connectivity index (χ0v) is 14.8. The molecular formula is C19H19FN4O2. The van der Waals surface area contributed by atoms with Crippen LogP contribution in [0.25, 0.3) is 10.9 Å². The van der Waals surface area contributed by atoms with E-state index in [2.05, 4.69) is 20.3 Å². The number of hydrogen-bond acceptors (Lipinski definition) is 4. The van der Waals surface area contributed by atoms with Crippen molar-refractivity contribution in [2.45, 2.75) is 33.2 Å². The van der Waals surface area contributed by atoms with Crippen molar-refractivity contribution in [3.05, 3.63) is 69.3 Å². The molecule has 1 atom stereocenters. The van der Waals surface area contributed by atoms with Gasteiger partial charge in [-0.3, -0.25) is 19.6 Å². The highest BCUT2D eigenvalue weighted by molar-refractivity contribution is 5.82. The number of fused-ring (bicyclic) bond motifs is 1. The van der Waals surface area contributed by atoms with Crippen molar-refractivity contribution in [1.82, 2.24) is 20.3 Å². The van der Waals surface area contributed by atoms with Gasteiger partial charge in [-0.25, -0.2) is 4.39 Å². The molecule has 3 aromatic rings. The molecule has 0 fully saturated rings. The minimum Gasteiger partial charge on any atom is -0.348 e. The van der Waals surface area contributed by atoms with Gasteiger partial charge in [-0.05, 0) is 45.0 Å². The molecule has 0 radical (unpaired) electrons. The van der Waals surface area contributed by atoms with E-state index in [4.69, 9.17) is 0 Å². The molecule has 3 rings (SSSR count). The summed E-state index contributed by atoms with van der Waals surface area (Å²) < 4.78 is 13.4. The number of benzene rings is 1. The normalized spacial score (nSPS) is 12.2. The fourth-order valence-electron chi connectivity index (χ4n) is 2.92. The first-order valence-corrected chi connectivity index (χ1v) is 8.24. The molecule has 0 unspecified atom stereocenters. The van der Waals surface area contributed by atoms with E-state index in [1.165, 1.54) is 18.2 Å². The predicted molar refractivity (Wildman–Crippen MR) is 96.3 cm³/mol. The molecule has 134 valence electrons. The van der Waals surface area contributed by atoms with Gasteiger partial charge in [0.05, 0.1) is 29.5 Å². The topological polar surface area (TPSA) is 87.7 Å². The highest BCUT2D eigenvalue weighted by Crippen LogP contribution is 2.15. The number of rotatable bonds is 4. The summed E-state index contributed by atoms with van der Waals surface area (Å²) in [7, 11) is 0. The van der Waals surface area contributed by atoms with Gasteiger partial charge in [0.25, 0.3) is 5.56 Å². The summed E-state index contributed by atoms with van der Waals surface area (Å²) in [5, 5.41) is 3.37. The summed E-state index contributed by atoms with van der Waals surface area (Å²) in [6, 6.07) is 5.29. The SMILES string of the molecule is Cc1cnc([C@@H](C)NC(=O)Cc2cc3cc(F)ccc3[nH]c2=O)c(C)n1. The smallest absolute Gasteiger partial charge is 0.252 e. The fraction of sp³-hybridized carbons (Fsp3) is 0.263. The Morgan fingerprint density at radius 3 is 2.81 bits per heavy atom. The van der Waals surface area contributed by atoms with Gasteiger partial charge in [0, 0.05) is 22.7 Å². The largest absolute Gasteiger partial charge is 0.348 e. The van der Waals surface area contributed by atoms with E-state index in [0.717, 1.165) is 11.4 Å². The lowest BCUT2D eigenvalue weighted by Crippen LogP contribution is -2.31. The minimum atomic E-state index is -0.401. The first-order valence-electron chi connectivity index (χ1n) is 8.24. The number of aryl methyl sites for hydroxylation is 2. The number of pyridine rings is 1. The highest BCUT2D eigenvalue weighted by Gasteiger charge is 2.16. The van der Waals surface area contributed by atoms with Crippen LogP contribution < -0.4 is 10.9 Å². The lowest BCUT2D eigenvalue weighted by molar-refractivity contribution is -0.121. The molecule has 26 heavy (non-hydrogen) atoms. The molecule has 1 aromatic carbocycles. The van der Waals surface area contributed by atoms with E-state index in [-0.39, 0.29) is 29.5 Å². The first-order chi connectivity index (χ1) is 12.3. The van der Waals surface area contributed by atoms with E-state index < -0.39 is 5.82 Å². The minimum absolute atomic E-state index is 0.107. The third-order valence-electron chi connectivity index (χ3n) is 4.13. The van der Waals surface area contributed by atoms with Crippen molar-refractivity contribution < 1.29 is 9.18 Å². The van der Waals surface area contributed by atoms with Crippen LogP contribution in [0.2, 0.25) is 0 Å². The van der Waals surface area contributed by atoms with Gasteiger partial charge >= 0.3 is 0 Å². The molecule has 2 heterocycles. The molecule has 0 saturated carbocycles. The lowest BCUT2D eigenvalue weighted by atomic mass is 10.1. The zero-order valence-electron chi connectivity index (χ0n) is 14.8. The molecule has 2 N–H and O–H groups in total. The Morgan fingerprint density at radius 1 is 1.31 bits per heavy atom. The number of halogens is 1. The second kappa shape index (κ2) is 7.03. The number of H-pyrrole nitrogens is 1. The Kier molecular flexibility index (Phi) is 4.79. The van der Waals surface area contributed by atoms with Crippen molar-refractivity contribution in [3.63, 3.8) is 0 Å². The van der Waals surface area contributed by atoms with Crippen LogP contribution in [0, 0.1) is 19.7 Å². The Labute approximate surface area is 149 Å². The van der Waals surface area contributed by atoms with Crippen LogP contribution in [0.3, 0.4) is 0 Å². The number of aromatic nitrogens is 3. The number of nitrogens with one attached hydrogen (secondary N) is 2. The van der Waals surface area contributed by atoms with E-state index in [0.29, 0.717) is 16.6 Å². The maximum Gasteiger partial charge on any atom is 0.252 e. The number of carbonyl (C=O) groups excluding carboxylic acids is 1. The van der Waals surface area contributed by atoms with Gasteiger partial charge in [0.2, 0.25) is 5.91 Å². The number of carbonyl (C=O) groups is 1. The van der Waals surface area contributed by atoms with Gasteiger partial charge in [0.1, 0.15) is 5.82 Å². The van der Waals surface area contributed by atoms with Crippen molar-refractivity contribution >= 4 is 16.8 Å². The quantitative estimate of drug-likeness (QED) is 0.753. The van der Waals surface area contributed by atoms with Crippen LogP contribution in [0.1, 0.15) is 35.6 Å². The second-order valence-electron chi connectivity index (χ2n) is 6.30. The first kappa shape index (κ1) is 17.7. The monoisotopic (exact) mass is 354 g/mol. The molecule has 0 bridgehead atoms. The van der Waals surface area contributed by atoms with Crippen LogP contribution in [0.5, 0.6) is 0 Å². The highest BCUT2D eigenvalue weighted by atomic mass is 19.1.